The third kappa shape index (κ3) is 4.32. The highest BCUT2D eigenvalue weighted by molar-refractivity contribution is 5.46. The van der Waals surface area contributed by atoms with Crippen LogP contribution in [0.1, 0.15) is 18.9 Å². The molecule has 1 heterocycles. The van der Waals surface area contributed by atoms with Gasteiger partial charge < -0.3 is 15.4 Å². The Balaban J connectivity index is 2.76. The lowest BCUT2D eigenvalue weighted by molar-refractivity contribution is 0.206. The van der Waals surface area contributed by atoms with E-state index in [4.69, 9.17) is 10.5 Å². The monoisotopic (exact) mass is 237 g/mol. The normalized spacial score (nSPS) is 12.5. The molecule has 0 bridgehead atoms. The molecule has 1 atom stereocenters. The van der Waals surface area contributed by atoms with Gasteiger partial charge in [-0.2, -0.15) is 0 Å². The average molecular weight is 237 g/mol. The topological polar surface area (TPSA) is 51.4 Å². The zero-order valence-corrected chi connectivity index (χ0v) is 11.0. The van der Waals surface area contributed by atoms with E-state index in [-0.39, 0.29) is 6.04 Å². The number of methoxy groups -OCH3 is 1. The smallest absolute Gasteiger partial charge is 0.131 e. The van der Waals surface area contributed by atoms with Gasteiger partial charge in [-0.1, -0.05) is 13.0 Å². The third-order valence-corrected chi connectivity index (χ3v) is 2.87. The van der Waals surface area contributed by atoms with Crippen LogP contribution in [0.15, 0.2) is 18.3 Å². The summed E-state index contributed by atoms with van der Waals surface area (Å²) in [4.78, 5) is 6.55. The minimum atomic E-state index is 0.203. The predicted octanol–water partition coefficient (Wildman–Crippen LogP) is 1.44. The van der Waals surface area contributed by atoms with Gasteiger partial charge in [0.15, 0.2) is 0 Å². The van der Waals surface area contributed by atoms with Crippen molar-refractivity contribution in [3.05, 3.63) is 23.9 Å². The lowest BCUT2D eigenvalue weighted by Crippen LogP contribution is -2.27. The summed E-state index contributed by atoms with van der Waals surface area (Å²) in [5.41, 5.74) is 7.21. The number of nitrogens with zero attached hydrogens (tertiary/aromatic N) is 2. The molecular formula is C13H23N3O. The van der Waals surface area contributed by atoms with Crippen LogP contribution in [-0.4, -0.2) is 38.3 Å². The molecular weight excluding hydrogens is 214 g/mol. The highest BCUT2D eigenvalue weighted by Gasteiger charge is 2.10. The maximum absolute atomic E-state index is 6.00. The number of hydrogen-bond acceptors (Lipinski definition) is 4. The largest absolute Gasteiger partial charge is 0.383 e. The number of likely N-dealkylation sites (N-methyl/N-ethyl adjacent to an activating group) is 1. The summed E-state index contributed by atoms with van der Waals surface area (Å²) in [6, 6.07) is 4.26. The van der Waals surface area contributed by atoms with Crippen LogP contribution < -0.4 is 10.6 Å². The van der Waals surface area contributed by atoms with Crippen LogP contribution in [0.2, 0.25) is 0 Å². The molecule has 1 aromatic heterocycles. The molecule has 0 aliphatic rings. The Morgan fingerprint density at radius 3 is 2.94 bits per heavy atom. The molecule has 1 rings (SSSR count). The van der Waals surface area contributed by atoms with E-state index in [1.165, 1.54) is 5.56 Å². The van der Waals surface area contributed by atoms with Gasteiger partial charge in [0.1, 0.15) is 5.82 Å². The van der Waals surface area contributed by atoms with E-state index >= 15 is 0 Å². The molecule has 0 saturated heterocycles. The first-order valence-corrected chi connectivity index (χ1v) is 6.08. The fourth-order valence-corrected chi connectivity index (χ4v) is 1.69. The standard InChI is InChI=1S/C13H23N3O/c1-4-12(14)10-11-6-5-7-15-13(11)16(2)8-9-17-3/h5-7,12H,4,8-10,14H2,1-3H3. The second kappa shape index (κ2) is 7.25. The molecule has 4 heteroatoms. The summed E-state index contributed by atoms with van der Waals surface area (Å²) in [7, 11) is 3.74. The van der Waals surface area contributed by atoms with Crippen molar-refractivity contribution in [1.82, 2.24) is 4.98 Å². The number of aromatic nitrogens is 1. The molecule has 0 saturated carbocycles. The van der Waals surface area contributed by atoms with Crippen LogP contribution in [0.5, 0.6) is 0 Å². The van der Waals surface area contributed by atoms with Gasteiger partial charge in [0, 0.05) is 32.9 Å². The number of hydrogen-bond donors (Lipinski definition) is 1. The van der Waals surface area contributed by atoms with Crippen LogP contribution in [0.4, 0.5) is 5.82 Å². The zero-order valence-electron chi connectivity index (χ0n) is 11.0. The fraction of sp³-hybridized carbons (Fsp3) is 0.615. The lowest BCUT2D eigenvalue weighted by Gasteiger charge is -2.21. The SMILES string of the molecule is CCC(N)Cc1cccnc1N(C)CCOC. The minimum Gasteiger partial charge on any atom is -0.383 e. The summed E-state index contributed by atoms with van der Waals surface area (Å²) in [6.45, 7) is 3.64. The van der Waals surface area contributed by atoms with Crippen LogP contribution in [0.25, 0.3) is 0 Å². The highest BCUT2D eigenvalue weighted by atomic mass is 16.5. The van der Waals surface area contributed by atoms with Gasteiger partial charge in [0.25, 0.3) is 0 Å². The number of anilines is 1. The van der Waals surface area contributed by atoms with Crippen LogP contribution in [0, 0.1) is 0 Å². The van der Waals surface area contributed by atoms with Gasteiger partial charge in [0.05, 0.1) is 6.61 Å². The molecule has 96 valence electrons. The van der Waals surface area contributed by atoms with Crippen molar-refractivity contribution in [2.45, 2.75) is 25.8 Å². The Bertz CT molecular complexity index is 330. The molecule has 4 nitrogen and oxygen atoms in total. The Morgan fingerprint density at radius 1 is 1.53 bits per heavy atom. The summed E-state index contributed by atoms with van der Waals surface area (Å²) < 4.78 is 5.08. The number of rotatable bonds is 7. The summed E-state index contributed by atoms with van der Waals surface area (Å²) in [5.74, 6) is 1.01. The maximum atomic E-state index is 6.00. The molecule has 17 heavy (non-hydrogen) atoms. The maximum Gasteiger partial charge on any atom is 0.131 e. The van der Waals surface area contributed by atoms with E-state index in [1.807, 2.05) is 19.3 Å². The number of pyridine rings is 1. The first-order valence-electron chi connectivity index (χ1n) is 6.08. The molecule has 2 N–H and O–H groups in total. The Morgan fingerprint density at radius 2 is 2.29 bits per heavy atom. The van der Waals surface area contributed by atoms with E-state index in [2.05, 4.69) is 22.9 Å². The van der Waals surface area contributed by atoms with Crippen molar-refractivity contribution in [2.24, 2.45) is 5.73 Å². The molecule has 1 unspecified atom stereocenters. The third-order valence-electron chi connectivity index (χ3n) is 2.87. The summed E-state index contributed by atoms with van der Waals surface area (Å²) in [5, 5.41) is 0. The fourth-order valence-electron chi connectivity index (χ4n) is 1.69. The van der Waals surface area contributed by atoms with Gasteiger partial charge >= 0.3 is 0 Å². The van der Waals surface area contributed by atoms with E-state index < -0.39 is 0 Å². The molecule has 0 spiro atoms. The minimum absolute atomic E-state index is 0.203. The number of ether oxygens (including phenoxy) is 1. The van der Waals surface area contributed by atoms with E-state index in [1.54, 1.807) is 7.11 Å². The number of nitrogens with two attached hydrogens (primary N) is 1. The summed E-state index contributed by atoms with van der Waals surface area (Å²) >= 11 is 0. The lowest BCUT2D eigenvalue weighted by atomic mass is 10.1. The molecule has 0 fully saturated rings. The van der Waals surface area contributed by atoms with Gasteiger partial charge in [-0.3, -0.25) is 0 Å². The van der Waals surface area contributed by atoms with Crippen LogP contribution >= 0.6 is 0 Å². The highest BCUT2D eigenvalue weighted by Crippen LogP contribution is 2.17. The van der Waals surface area contributed by atoms with Gasteiger partial charge in [0.2, 0.25) is 0 Å². The molecule has 0 aromatic carbocycles. The van der Waals surface area contributed by atoms with Crippen molar-refractivity contribution in [2.75, 3.05) is 32.2 Å². The van der Waals surface area contributed by atoms with Gasteiger partial charge in [-0.15, -0.1) is 0 Å². The predicted molar refractivity (Wildman–Crippen MR) is 71.4 cm³/mol. The zero-order chi connectivity index (χ0) is 12.7. The van der Waals surface area contributed by atoms with E-state index in [9.17, 15) is 0 Å². The van der Waals surface area contributed by atoms with Crippen LogP contribution in [-0.2, 0) is 11.2 Å². The Kier molecular flexibility index (Phi) is 5.94. The summed E-state index contributed by atoms with van der Waals surface area (Å²) in [6.07, 6.45) is 3.67. The van der Waals surface area contributed by atoms with Crippen molar-refractivity contribution in [1.29, 1.82) is 0 Å². The molecule has 0 amide bonds. The molecule has 0 aliphatic heterocycles. The molecule has 0 aliphatic carbocycles. The first kappa shape index (κ1) is 13.9. The van der Waals surface area contributed by atoms with Crippen molar-refractivity contribution in [3.8, 4) is 0 Å². The second-order valence-corrected chi connectivity index (χ2v) is 4.27. The molecule has 0 radical (unpaired) electrons. The average Bonchev–Trinajstić information content (AvgIpc) is 2.36. The van der Waals surface area contributed by atoms with Crippen molar-refractivity contribution in [3.63, 3.8) is 0 Å². The van der Waals surface area contributed by atoms with Crippen molar-refractivity contribution >= 4 is 5.82 Å². The van der Waals surface area contributed by atoms with Crippen molar-refractivity contribution < 1.29 is 4.74 Å². The Hall–Kier alpha value is -1.13. The van der Waals surface area contributed by atoms with Gasteiger partial charge in [-0.05, 0) is 24.5 Å². The quantitative estimate of drug-likeness (QED) is 0.779. The van der Waals surface area contributed by atoms with E-state index in [0.29, 0.717) is 6.61 Å². The second-order valence-electron chi connectivity index (χ2n) is 4.27. The van der Waals surface area contributed by atoms with Gasteiger partial charge in [-0.25, -0.2) is 4.98 Å². The van der Waals surface area contributed by atoms with E-state index in [0.717, 1.165) is 25.2 Å². The first-order chi connectivity index (χ1) is 8.19. The molecule has 1 aromatic rings. The Labute approximate surface area is 104 Å². The van der Waals surface area contributed by atoms with Crippen LogP contribution in [0.3, 0.4) is 0 Å².